The molecule has 2 heterocycles. The second-order valence-corrected chi connectivity index (χ2v) is 6.69. The van der Waals surface area contributed by atoms with Crippen LogP contribution >= 0.6 is 0 Å². The second-order valence-electron chi connectivity index (χ2n) is 6.69. The van der Waals surface area contributed by atoms with Crippen molar-refractivity contribution in [1.29, 1.82) is 0 Å². The van der Waals surface area contributed by atoms with Crippen molar-refractivity contribution in [1.82, 2.24) is 14.4 Å². The molecule has 0 unspecified atom stereocenters. The molecule has 0 radical (unpaired) electrons. The number of hydrogen-bond donors (Lipinski definition) is 1. The van der Waals surface area contributed by atoms with E-state index in [-0.39, 0.29) is 11.9 Å². The van der Waals surface area contributed by atoms with Crippen molar-refractivity contribution in [2.75, 3.05) is 27.2 Å². The SMILES string of the molecule is CN(C)[C@H]1CCN(C(=O)c2ccc(Cn3cccc3)cc2)C[C@@H]1O. The van der Waals surface area contributed by atoms with E-state index in [2.05, 4.69) is 4.57 Å². The number of nitrogens with zero attached hydrogens (tertiary/aromatic N) is 3. The first-order valence-corrected chi connectivity index (χ1v) is 8.38. The van der Waals surface area contributed by atoms with Gasteiger partial charge in [-0.1, -0.05) is 12.1 Å². The number of piperidine rings is 1. The molecule has 128 valence electrons. The number of likely N-dealkylation sites (N-methyl/N-ethyl adjacent to an activating group) is 1. The summed E-state index contributed by atoms with van der Waals surface area (Å²) in [6, 6.07) is 11.9. The van der Waals surface area contributed by atoms with E-state index in [0.717, 1.165) is 18.5 Å². The molecule has 0 saturated carbocycles. The summed E-state index contributed by atoms with van der Waals surface area (Å²) < 4.78 is 2.10. The van der Waals surface area contributed by atoms with E-state index in [0.29, 0.717) is 18.7 Å². The molecule has 2 atom stereocenters. The molecule has 0 bridgehead atoms. The van der Waals surface area contributed by atoms with Crippen LogP contribution in [0.2, 0.25) is 0 Å². The normalized spacial score (nSPS) is 21.2. The highest BCUT2D eigenvalue weighted by atomic mass is 16.3. The van der Waals surface area contributed by atoms with E-state index in [1.54, 1.807) is 4.90 Å². The molecule has 0 spiro atoms. The smallest absolute Gasteiger partial charge is 0.253 e. The summed E-state index contributed by atoms with van der Waals surface area (Å²) in [4.78, 5) is 16.4. The summed E-state index contributed by atoms with van der Waals surface area (Å²) in [5.41, 5.74) is 1.84. The van der Waals surface area contributed by atoms with Gasteiger partial charge < -0.3 is 19.5 Å². The summed E-state index contributed by atoms with van der Waals surface area (Å²) in [6.45, 7) is 1.88. The summed E-state index contributed by atoms with van der Waals surface area (Å²) in [7, 11) is 3.93. The lowest BCUT2D eigenvalue weighted by atomic mass is 10.00. The third kappa shape index (κ3) is 3.68. The maximum Gasteiger partial charge on any atom is 0.253 e. The summed E-state index contributed by atoms with van der Waals surface area (Å²) in [5, 5.41) is 10.3. The molecular weight excluding hydrogens is 302 g/mol. The van der Waals surface area contributed by atoms with Crippen molar-refractivity contribution in [3.05, 3.63) is 59.9 Å². The quantitative estimate of drug-likeness (QED) is 0.929. The third-order valence-electron chi connectivity index (χ3n) is 4.73. The molecule has 3 rings (SSSR count). The average molecular weight is 327 g/mol. The molecule has 5 nitrogen and oxygen atoms in total. The van der Waals surface area contributed by atoms with Crippen LogP contribution < -0.4 is 0 Å². The third-order valence-corrected chi connectivity index (χ3v) is 4.73. The number of hydrogen-bond acceptors (Lipinski definition) is 3. The van der Waals surface area contributed by atoms with Crippen LogP contribution in [-0.2, 0) is 6.54 Å². The van der Waals surface area contributed by atoms with Crippen LogP contribution in [0.5, 0.6) is 0 Å². The second kappa shape index (κ2) is 7.20. The lowest BCUT2D eigenvalue weighted by molar-refractivity contribution is 0.00607. The van der Waals surface area contributed by atoms with Gasteiger partial charge in [-0.2, -0.15) is 0 Å². The predicted molar refractivity (Wildman–Crippen MR) is 94.0 cm³/mol. The molecule has 1 aromatic carbocycles. The minimum Gasteiger partial charge on any atom is -0.390 e. The fourth-order valence-corrected chi connectivity index (χ4v) is 3.33. The Morgan fingerprint density at radius 1 is 1.21 bits per heavy atom. The van der Waals surface area contributed by atoms with Gasteiger partial charge in [0.25, 0.3) is 5.91 Å². The number of β-amino-alcohol motifs (C(OH)–C–C–N with tert-alkyl or cyclic N) is 1. The molecule has 1 saturated heterocycles. The van der Waals surface area contributed by atoms with E-state index >= 15 is 0 Å². The Kier molecular flexibility index (Phi) is 5.02. The summed E-state index contributed by atoms with van der Waals surface area (Å²) >= 11 is 0. The highest BCUT2D eigenvalue weighted by Crippen LogP contribution is 2.18. The van der Waals surface area contributed by atoms with Crippen LogP contribution in [-0.4, -0.2) is 64.7 Å². The lowest BCUT2D eigenvalue weighted by Crippen LogP contribution is -2.53. The van der Waals surface area contributed by atoms with Gasteiger partial charge in [-0.3, -0.25) is 4.79 Å². The zero-order valence-electron chi connectivity index (χ0n) is 14.3. The van der Waals surface area contributed by atoms with Crippen molar-refractivity contribution in [3.63, 3.8) is 0 Å². The molecule has 1 fully saturated rings. The monoisotopic (exact) mass is 327 g/mol. The van der Waals surface area contributed by atoms with Crippen molar-refractivity contribution in [2.45, 2.75) is 25.1 Å². The summed E-state index contributed by atoms with van der Waals surface area (Å²) in [5.74, 6) is -0.00114. The van der Waals surface area contributed by atoms with Crippen molar-refractivity contribution >= 4 is 5.91 Å². The van der Waals surface area contributed by atoms with Gasteiger partial charge in [0, 0.05) is 43.6 Å². The molecule has 1 aliphatic heterocycles. The number of aromatic nitrogens is 1. The number of carbonyl (C=O) groups is 1. The number of aliphatic hydroxyl groups excluding tert-OH is 1. The van der Waals surface area contributed by atoms with Gasteiger partial charge in [0.05, 0.1) is 6.10 Å². The molecule has 1 aromatic heterocycles. The average Bonchev–Trinajstić information content (AvgIpc) is 3.07. The predicted octanol–water partition coefficient (Wildman–Crippen LogP) is 1.67. The van der Waals surface area contributed by atoms with Gasteiger partial charge in [-0.05, 0) is 50.3 Å². The van der Waals surface area contributed by atoms with Gasteiger partial charge in [0.1, 0.15) is 0 Å². The largest absolute Gasteiger partial charge is 0.390 e. The van der Waals surface area contributed by atoms with Gasteiger partial charge in [-0.25, -0.2) is 0 Å². The number of benzene rings is 1. The number of carbonyl (C=O) groups excluding carboxylic acids is 1. The zero-order chi connectivity index (χ0) is 17.1. The number of aliphatic hydroxyl groups is 1. The van der Waals surface area contributed by atoms with Crippen LogP contribution in [0.15, 0.2) is 48.8 Å². The Morgan fingerprint density at radius 3 is 2.46 bits per heavy atom. The van der Waals surface area contributed by atoms with Crippen LogP contribution in [0, 0.1) is 0 Å². The Bertz CT molecular complexity index is 664. The fourth-order valence-electron chi connectivity index (χ4n) is 3.33. The van der Waals surface area contributed by atoms with Gasteiger partial charge in [0.15, 0.2) is 0 Å². The maximum absolute atomic E-state index is 12.6. The van der Waals surface area contributed by atoms with E-state index in [4.69, 9.17) is 0 Å². The van der Waals surface area contributed by atoms with E-state index in [1.807, 2.05) is 67.8 Å². The highest BCUT2D eigenvalue weighted by Gasteiger charge is 2.31. The molecular formula is C19H25N3O2. The fraction of sp³-hybridized carbons (Fsp3) is 0.421. The first-order chi connectivity index (χ1) is 11.5. The first-order valence-electron chi connectivity index (χ1n) is 8.38. The van der Waals surface area contributed by atoms with Crippen LogP contribution in [0.25, 0.3) is 0 Å². The standard InChI is InChI=1S/C19H25N3O2/c1-20(2)17-9-12-22(14-18(17)23)19(24)16-7-5-15(6-8-16)13-21-10-3-4-11-21/h3-8,10-11,17-18,23H,9,12-14H2,1-2H3/t17-,18-/m0/s1. The minimum atomic E-state index is -0.495. The number of likely N-dealkylation sites (tertiary alicyclic amines) is 1. The van der Waals surface area contributed by atoms with Crippen molar-refractivity contribution in [2.24, 2.45) is 0 Å². The topological polar surface area (TPSA) is 48.7 Å². The Hall–Kier alpha value is -2.11. The van der Waals surface area contributed by atoms with Crippen molar-refractivity contribution < 1.29 is 9.90 Å². The molecule has 0 aliphatic carbocycles. The Morgan fingerprint density at radius 2 is 1.88 bits per heavy atom. The van der Waals surface area contributed by atoms with Gasteiger partial charge >= 0.3 is 0 Å². The van der Waals surface area contributed by atoms with E-state index in [9.17, 15) is 9.90 Å². The molecule has 5 heteroatoms. The molecule has 24 heavy (non-hydrogen) atoms. The van der Waals surface area contributed by atoms with Crippen molar-refractivity contribution in [3.8, 4) is 0 Å². The zero-order valence-corrected chi connectivity index (χ0v) is 14.3. The number of amides is 1. The Labute approximate surface area is 143 Å². The van der Waals surface area contributed by atoms with Crippen LogP contribution in [0.3, 0.4) is 0 Å². The van der Waals surface area contributed by atoms with E-state index in [1.165, 1.54) is 0 Å². The molecule has 1 N–H and O–H groups in total. The molecule has 2 aromatic rings. The molecule has 1 amide bonds. The minimum absolute atomic E-state index is 0.00114. The highest BCUT2D eigenvalue weighted by molar-refractivity contribution is 5.94. The van der Waals surface area contributed by atoms with E-state index < -0.39 is 6.10 Å². The number of rotatable bonds is 4. The van der Waals surface area contributed by atoms with Gasteiger partial charge in [0.2, 0.25) is 0 Å². The lowest BCUT2D eigenvalue weighted by Gasteiger charge is -2.39. The van der Waals surface area contributed by atoms with Gasteiger partial charge in [-0.15, -0.1) is 0 Å². The maximum atomic E-state index is 12.6. The van der Waals surface area contributed by atoms with Crippen LogP contribution in [0.1, 0.15) is 22.3 Å². The Balaban J connectivity index is 1.63. The summed E-state index contributed by atoms with van der Waals surface area (Å²) in [6.07, 6.45) is 4.35. The molecule has 1 aliphatic rings. The van der Waals surface area contributed by atoms with Crippen LogP contribution in [0.4, 0.5) is 0 Å². The first kappa shape index (κ1) is 16.7.